The Hall–Kier alpha value is -3.51. The number of halogens is 2. The third-order valence-electron chi connectivity index (χ3n) is 8.16. The maximum absolute atomic E-state index is 14.1. The number of hydrogen-bond acceptors (Lipinski definition) is 5. The molecule has 0 bridgehead atoms. The Morgan fingerprint density at radius 1 is 0.587 bits per heavy atom. The molecule has 4 rings (SSSR count). The van der Waals surface area contributed by atoms with Crippen molar-refractivity contribution in [2.75, 3.05) is 13.6 Å². The summed E-state index contributed by atoms with van der Waals surface area (Å²) in [6, 6.07) is 18.3. The molecular weight excluding hydrogens is 605 g/mol. The summed E-state index contributed by atoms with van der Waals surface area (Å²) in [6.45, 7) is 11.7. The lowest BCUT2D eigenvalue weighted by molar-refractivity contribution is 0.0696. The number of rotatable bonds is 16. The Morgan fingerprint density at radius 2 is 0.957 bits per heavy atom. The van der Waals surface area contributed by atoms with Crippen LogP contribution in [-0.4, -0.2) is 13.6 Å². The van der Waals surface area contributed by atoms with E-state index in [9.17, 15) is 13.3 Å². The fraction of sp³-hybridized carbons (Fsp3) is 0.368. The predicted molar refractivity (Wildman–Crippen MR) is 180 cm³/mol. The Labute approximate surface area is 272 Å². The van der Waals surface area contributed by atoms with Crippen molar-refractivity contribution in [3.8, 4) is 11.5 Å². The van der Waals surface area contributed by atoms with Crippen LogP contribution in [-0.2, 0) is 39.3 Å². The van der Waals surface area contributed by atoms with Crippen LogP contribution in [0.1, 0.15) is 82.3 Å². The second kappa shape index (κ2) is 16.9. The zero-order chi connectivity index (χ0) is 33.2. The van der Waals surface area contributed by atoms with Crippen molar-refractivity contribution in [2.45, 2.75) is 80.1 Å². The van der Waals surface area contributed by atoms with Gasteiger partial charge in [-0.2, -0.15) is 0 Å². The molecule has 0 fully saturated rings. The highest BCUT2D eigenvalue weighted by molar-refractivity contribution is 7.33. The van der Waals surface area contributed by atoms with Gasteiger partial charge in [-0.25, -0.2) is 8.78 Å². The van der Waals surface area contributed by atoms with E-state index in [4.69, 9.17) is 18.5 Å². The van der Waals surface area contributed by atoms with Gasteiger partial charge in [0, 0.05) is 0 Å². The van der Waals surface area contributed by atoms with E-state index >= 15 is 0 Å². The molecule has 5 nitrogen and oxygen atoms in total. The molecule has 0 amide bonds. The molecule has 0 radical (unpaired) electrons. The van der Waals surface area contributed by atoms with Gasteiger partial charge in [0.15, 0.2) is 13.6 Å². The van der Waals surface area contributed by atoms with Crippen LogP contribution in [0.25, 0.3) is 0 Å². The maximum Gasteiger partial charge on any atom is 0.324 e. The number of aryl methyl sites for hydroxylation is 6. The molecule has 0 aromatic heterocycles. The molecule has 0 unspecified atom stereocenters. The van der Waals surface area contributed by atoms with Crippen LogP contribution in [0.5, 0.6) is 11.5 Å². The van der Waals surface area contributed by atoms with Crippen LogP contribution in [0.4, 0.5) is 8.78 Å². The summed E-state index contributed by atoms with van der Waals surface area (Å²) in [5.74, 6) is 0.891. The minimum absolute atomic E-state index is 0.155. The Balaban J connectivity index is 1.25. The highest BCUT2D eigenvalue weighted by Crippen LogP contribution is 2.29. The van der Waals surface area contributed by atoms with Crippen LogP contribution >= 0.6 is 8.25 Å². The molecule has 0 aliphatic rings. The van der Waals surface area contributed by atoms with E-state index in [1.165, 1.54) is 0 Å². The minimum atomic E-state index is -2.85. The van der Waals surface area contributed by atoms with Gasteiger partial charge in [-0.05, 0) is 145 Å². The quantitative estimate of drug-likeness (QED) is 0.0893. The molecule has 46 heavy (non-hydrogen) atoms. The number of benzene rings is 4. The smallest absolute Gasteiger partial charge is 0.324 e. The highest BCUT2D eigenvalue weighted by atomic mass is 31.1. The number of ether oxygens (including phenoxy) is 2. The average molecular weight is 651 g/mol. The van der Waals surface area contributed by atoms with Crippen molar-refractivity contribution in [2.24, 2.45) is 0 Å². The van der Waals surface area contributed by atoms with E-state index in [0.29, 0.717) is 24.3 Å². The van der Waals surface area contributed by atoms with Crippen LogP contribution < -0.4 is 9.47 Å². The zero-order valence-corrected chi connectivity index (χ0v) is 28.7. The first kappa shape index (κ1) is 35.3. The summed E-state index contributed by atoms with van der Waals surface area (Å²) in [5.41, 5.74) is 10.1. The molecule has 0 atom stereocenters. The molecule has 0 N–H and O–H groups in total. The van der Waals surface area contributed by atoms with Crippen molar-refractivity contribution in [1.82, 2.24) is 0 Å². The lowest BCUT2D eigenvalue weighted by atomic mass is 9.94. The van der Waals surface area contributed by atoms with E-state index in [-0.39, 0.29) is 25.2 Å². The summed E-state index contributed by atoms with van der Waals surface area (Å²) < 4.78 is 62.5. The zero-order valence-electron chi connectivity index (χ0n) is 27.7. The predicted octanol–water partition coefficient (Wildman–Crippen LogP) is 10.1. The van der Waals surface area contributed by atoms with E-state index < -0.39 is 8.25 Å². The second-order valence-corrected chi connectivity index (χ2v) is 12.9. The Kier molecular flexibility index (Phi) is 13.0. The van der Waals surface area contributed by atoms with Gasteiger partial charge in [0.05, 0.1) is 0 Å². The van der Waals surface area contributed by atoms with Crippen LogP contribution in [0.15, 0.2) is 60.7 Å². The molecule has 246 valence electrons. The lowest BCUT2D eigenvalue weighted by Crippen LogP contribution is -2.04. The van der Waals surface area contributed by atoms with Gasteiger partial charge >= 0.3 is 8.25 Å². The molecule has 4 aromatic rings. The van der Waals surface area contributed by atoms with E-state index in [2.05, 4.69) is 0 Å². The summed E-state index contributed by atoms with van der Waals surface area (Å²) in [5, 5.41) is 0. The van der Waals surface area contributed by atoms with Gasteiger partial charge in [-0.3, -0.25) is 13.6 Å². The van der Waals surface area contributed by atoms with E-state index in [0.717, 1.165) is 81.3 Å². The van der Waals surface area contributed by atoms with Gasteiger partial charge in [0.2, 0.25) is 0 Å². The fourth-order valence-electron chi connectivity index (χ4n) is 5.77. The Morgan fingerprint density at radius 3 is 1.30 bits per heavy atom. The summed E-state index contributed by atoms with van der Waals surface area (Å²) in [7, 11) is -2.85. The monoisotopic (exact) mass is 650 g/mol. The van der Waals surface area contributed by atoms with Crippen LogP contribution in [0, 0.1) is 39.3 Å². The van der Waals surface area contributed by atoms with Crippen LogP contribution in [0.2, 0.25) is 0 Å². The largest absolute Gasteiger partial charge is 0.467 e. The van der Waals surface area contributed by atoms with E-state index in [1.54, 1.807) is 12.1 Å². The van der Waals surface area contributed by atoms with Gasteiger partial charge in [-0.15, -0.1) is 0 Å². The first-order valence-corrected chi connectivity index (χ1v) is 17.1. The van der Waals surface area contributed by atoms with Crippen molar-refractivity contribution in [3.63, 3.8) is 0 Å². The molecule has 4 aromatic carbocycles. The van der Waals surface area contributed by atoms with Crippen molar-refractivity contribution in [3.05, 3.63) is 128 Å². The molecule has 0 aliphatic carbocycles. The van der Waals surface area contributed by atoms with Crippen molar-refractivity contribution >= 4 is 8.25 Å². The normalized spacial score (nSPS) is 11.3. The fourth-order valence-corrected chi connectivity index (χ4v) is 6.16. The van der Waals surface area contributed by atoms with Gasteiger partial charge in [-0.1, -0.05) is 51.0 Å². The second-order valence-electron chi connectivity index (χ2n) is 11.8. The Bertz CT molecular complexity index is 1500. The minimum Gasteiger partial charge on any atom is -0.467 e. The van der Waals surface area contributed by atoms with Gasteiger partial charge < -0.3 is 9.47 Å². The van der Waals surface area contributed by atoms with Gasteiger partial charge in [0.1, 0.15) is 23.1 Å². The summed E-state index contributed by atoms with van der Waals surface area (Å²) in [6.07, 6.45) is 4.62. The molecule has 8 heteroatoms. The summed E-state index contributed by atoms with van der Waals surface area (Å²) in [4.78, 5) is 0. The molecule has 0 aliphatic heterocycles. The molecule has 0 spiro atoms. The third kappa shape index (κ3) is 9.75. The SMILES string of the molecule is CCCc1cc(Cc2c(C)cc(OCO[PH](=O)OCOc3cc(C)c(Cc4ccc(F)c(CCC)c4)c(C)c3)cc2C)ccc1F. The standard InChI is InChI=1S/C38H45F2O5P/c1-7-9-31-19-29(11-13-37(31)39)21-35-25(3)15-33(16-26(35)4)42-23-44-46(41)45-24-43-34-17-27(5)36(28(6)18-34)22-30-12-14-38(40)32(20-30)10-8-2/h11-20,46H,7-10,21-24H2,1-6H3. The number of hydrogen-bond donors (Lipinski definition) is 0. The highest BCUT2D eigenvalue weighted by Gasteiger charge is 2.12. The molecular formula is C38H45F2O5P. The average Bonchev–Trinajstić information content (AvgIpc) is 3.00. The molecule has 0 heterocycles. The first-order valence-electron chi connectivity index (χ1n) is 15.9. The van der Waals surface area contributed by atoms with E-state index in [1.807, 2.05) is 90.1 Å². The van der Waals surface area contributed by atoms with Crippen molar-refractivity contribution < 1.29 is 31.9 Å². The van der Waals surface area contributed by atoms with Crippen molar-refractivity contribution in [1.29, 1.82) is 0 Å². The van der Waals surface area contributed by atoms with Gasteiger partial charge in [0.25, 0.3) is 0 Å². The maximum atomic E-state index is 14.1. The lowest BCUT2D eigenvalue weighted by Gasteiger charge is -2.15. The first-order chi connectivity index (χ1) is 22.1. The molecule has 0 saturated carbocycles. The topological polar surface area (TPSA) is 54.0 Å². The third-order valence-corrected chi connectivity index (χ3v) is 8.87. The molecule has 0 saturated heterocycles. The van der Waals surface area contributed by atoms with Crippen LogP contribution in [0.3, 0.4) is 0 Å². The summed E-state index contributed by atoms with van der Waals surface area (Å²) >= 11 is 0.